The normalized spacial score (nSPS) is 11.1. The van der Waals surface area contributed by atoms with Crippen molar-refractivity contribution in [3.8, 4) is 0 Å². The molecular formula is C13H17N3O. The average molecular weight is 231 g/mol. The third-order valence-electron chi connectivity index (χ3n) is 2.62. The van der Waals surface area contributed by atoms with Gasteiger partial charge in [0.25, 0.3) is 0 Å². The van der Waals surface area contributed by atoms with E-state index >= 15 is 0 Å². The van der Waals surface area contributed by atoms with Crippen molar-refractivity contribution in [3.05, 3.63) is 35.8 Å². The Hall–Kier alpha value is -1.84. The number of fused-ring (bicyclic) bond motifs is 1. The van der Waals surface area contributed by atoms with Gasteiger partial charge in [-0.3, -0.25) is 4.79 Å². The van der Waals surface area contributed by atoms with Crippen molar-refractivity contribution in [2.75, 3.05) is 0 Å². The quantitative estimate of drug-likeness (QED) is 0.877. The summed E-state index contributed by atoms with van der Waals surface area (Å²) in [5.41, 5.74) is 2.97. The number of nitrogens with zero attached hydrogens (tertiary/aromatic N) is 2. The van der Waals surface area contributed by atoms with Crippen LogP contribution in [0.25, 0.3) is 5.65 Å². The highest BCUT2D eigenvalue weighted by atomic mass is 16.1. The molecular weight excluding hydrogens is 214 g/mol. The molecule has 0 bridgehead atoms. The van der Waals surface area contributed by atoms with Gasteiger partial charge in [0.1, 0.15) is 5.65 Å². The first-order valence-electron chi connectivity index (χ1n) is 5.78. The predicted octanol–water partition coefficient (Wildman–Crippen LogP) is 1.91. The second-order valence-electron chi connectivity index (χ2n) is 4.58. The third kappa shape index (κ3) is 2.64. The maximum absolute atomic E-state index is 11.4. The Morgan fingerprint density at radius 3 is 2.88 bits per heavy atom. The number of carbonyl (C=O) groups is 1. The minimum atomic E-state index is 0.00859. The molecule has 0 aromatic carbocycles. The van der Waals surface area contributed by atoms with E-state index in [1.54, 1.807) is 0 Å². The van der Waals surface area contributed by atoms with Crippen LogP contribution in [-0.4, -0.2) is 15.3 Å². The standard InChI is InChI=1S/C13H17N3O/c1-9(2)13(17)14-6-11-8-16-7-10(3)4-5-12(16)15-11/h4-5,7-9H,6H2,1-3H3,(H,14,17). The summed E-state index contributed by atoms with van der Waals surface area (Å²) in [4.78, 5) is 15.9. The number of hydrogen-bond acceptors (Lipinski definition) is 2. The molecule has 2 aromatic rings. The first kappa shape index (κ1) is 11.6. The topological polar surface area (TPSA) is 46.4 Å². The summed E-state index contributed by atoms with van der Waals surface area (Å²) in [5.74, 6) is 0.0625. The lowest BCUT2D eigenvalue weighted by Gasteiger charge is -2.04. The summed E-state index contributed by atoms with van der Waals surface area (Å²) in [6.07, 6.45) is 3.97. The van der Waals surface area contributed by atoms with Gasteiger partial charge in [-0.15, -0.1) is 0 Å². The number of imidazole rings is 1. The van der Waals surface area contributed by atoms with E-state index in [1.165, 1.54) is 5.56 Å². The van der Waals surface area contributed by atoms with Crippen LogP contribution in [0.5, 0.6) is 0 Å². The number of amides is 1. The molecule has 17 heavy (non-hydrogen) atoms. The van der Waals surface area contributed by atoms with Crippen molar-refractivity contribution in [1.29, 1.82) is 0 Å². The van der Waals surface area contributed by atoms with E-state index in [0.29, 0.717) is 6.54 Å². The lowest BCUT2D eigenvalue weighted by Crippen LogP contribution is -2.27. The first-order chi connectivity index (χ1) is 8.06. The van der Waals surface area contributed by atoms with Crippen LogP contribution >= 0.6 is 0 Å². The van der Waals surface area contributed by atoms with Crippen LogP contribution in [0, 0.1) is 12.8 Å². The van der Waals surface area contributed by atoms with Gasteiger partial charge in [0.15, 0.2) is 0 Å². The number of hydrogen-bond donors (Lipinski definition) is 1. The predicted molar refractivity (Wildman–Crippen MR) is 66.6 cm³/mol. The smallest absolute Gasteiger partial charge is 0.222 e. The molecule has 0 spiro atoms. The molecule has 90 valence electrons. The van der Waals surface area contributed by atoms with Gasteiger partial charge in [0.2, 0.25) is 5.91 Å². The van der Waals surface area contributed by atoms with Gasteiger partial charge in [-0.25, -0.2) is 4.98 Å². The second-order valence-corrected chi connectivity index (χ2v) is 4.58. The fourth-order valence-corrected chi connectivity index (χ4v) is 1.62. The molecule has 1 N–H and O–H groups in total. The molecule has 0 unspecified atom stereocenters. The zero-order valence-electron chi connectivity index (χ0n) is 10.4. The molecule has 2 aromatic heterocycles. The lowest BCUT2D eigenvalue weighted by atomic mass is 10.2. The Morgan fingerprint density at radius 2 is 2.18 bits per heavy atom. The first-order valence-corrected chi connectivity index (χ1v) is 5.78. The molecule has 4 nitrogen and oxygen atoms in total. The van der Waals surface area contributed by atoms with Crippen LogP contribution in [0.1, 0.15) is 25.1 Å². The highest BCUT2D eigenvalue weighted by Crippen LogP contribution is 2.07. The van der Waals surface area contributed by atoms with Crippen molar-refractivity contribution >= 4 is 11.6 Å². The van der Waals surface area contributed by atoms with Gasteiger partial charge in [-0.2, -0.15) is 0 Å². The average Bonchev–Trinajstić information content (AvgIpc) is 2.67. The van der Waals surface area contributed by atoms with Crippen LogP contribution in [0.2, 0.25) is 0 Å². The van der Waals surface area contributed by atoms with Crippen molar-refractivity contribution in [2.24, 2.45) is 5.92 Å². The van der Waals surface area contributed by atoms with E-state index in [0.717, 1.165) is 11.3 Å². The lowest BCUT2D eigenvalue weighted by molar-refractivity contribution is -0.124. The van der Waals surface area contributed by atoms with E-state index in [9.17, 15) is 4.79 Å². The fraction of sp³-hybridized carbons (Fsp3) is 0.385. The SMILES string of the molecule is Cc1ccc2nc(CNC(=O)C(C)C)cn2c1. The Morgan fingerprint density at radius 1 is 1.41 bits per heavy atom. The van der Waals surface area contributed by atoms with Gasteiger partial charge in [0.05, 0.1) is 12.2 Å². The zero-order chi connectivity index (χ0) is 12.4. The molecule has 4 heteroatoms. The maximum atomic E-state index is 11.4. The van der Waals surface area contributed by atoms with Crippen LogP contribution in [-0.2, 0) is 11.3 Å². The number of carbonyl (C=O) groups excluding carboxylic acids is 1. The fourth-order valence-electron chi connectivity index (χ4n) is 1.62. The third-order valence-corrected chi connectivity index (χ3v) is 2.62. The van der Waals surface area contributed by atoms with Gasteiger partial charge in [0, 0.05) is 18.3 Å². The molecule has 0 aliphatic rings. The minimum absolute atomic E-state index is 0.00859. The monoisotopic (exact) mass is 231 g/mol. The summed E-state index contributed by atoms with van der Waals surface area (Å²) in [6.45, 7) is 6.28. The van der Waals surface area contributed by atoms with E-state index in [2.05, 4.69) is 10.3 Å². The number of rotatable bonds is 3. The molecule has 0 fully saturated rings. The molecule has 0 aliphatic carbocycles. The van der Waals surface area contributed by atoms with Crippen LogP contribution in [0.4, 0.5) is 0 Å². The van der Waals surface area contributed by atoms with Gasteiger partial charge in [-0.05, 0) is 18.6 Å². The molecule has 1 amide bonds. The molecule has 0 saturated heterocycles. The summed E-state index contributed by atoms with van der Waals surface area (Å²) < 4.78 is 1.98. The van der Waals surface area contributed by atoms with Gasteiger partial charge in [-0.1, -0.05) is 19.9 Å². The molecule has 0 aliphatic heterocycles. The van der Waals surface area contributed by atoms with E-state index in [1.807, 2.05) is 49.7 Å². The Labute approximate surface area is 101 Å². The number of aryl methyl sites for hydroxylation is 1. The highest BCUT2D eigenvalue weighted by Gasteiger charge is 2.07. The van der Waals surface area contributed by atoms with Crippen molar-refractivity contribution in [2.45, 2.75) is 27.3 Å². The summed E-state index contributed by atoms with van der Waals surface area (Å²) in [6, 6.07) is 4.00. The Balaban J connectivity index is 2.12. The van der Waals surface area contributed by atoms with E-state index in [4.69, 9.17) is 0 Å². The summed E-state index contributed by atoms with van der Waals surface area (Å²) in [5, 5.41) is 2.86. The van der Waals surface area contributed by atoms with Crippen molar-refractivity contribution in [3.63, 3.8) is 0 Å². The minimum Gasteiger partial charge on any atom is -0.350 e. The van der Waals surface area contributed by atoms with Crippen molar-refractivity contribution < 1.29 is 4.79 Å². The van der Waals surface area contributed by atoms with E-state index in [-0.39, 0.29) is 11.8 Å². The second kappa shape index (κ2) is 4.57. The molecule has 2 heterocycles. The van der Waals surface area contributed by atoms with Gasteiger partial charge < -0.3 is 9.72 Å². The van der Waals surface area contributed by atoms with Crippen LogP contribution in [0.15, 0.2) is 24.5 Å². The van der Waals surface area contributed by atoms with E-state index < -0.39 is 0 Å². The Kier molecular flexibility index (Phi) is 3.13. The molecule has 0 radical (unpaired) electrons. The van der Waals surface area contributed by atoms with Crippen LogP contribution < -0.4 is 5.32 Å². The molecule has 0 atom stereocenters. The summed E-state index contributed by atoms with van der Waals surface area (Å²) in [7, 11) is 0. The molecule has 2 rings (SSSR count). The zero-order valence-corrected chi connectivity index (χ0v) is 10.4. The van der Waals surface area contributed by atoms with Crippen LogP contribution in [0.3, 0.4) is 0 Å². The number of nitrogens with one attached hydrogen (secondary N) is 1. The summed E-state index contributed by atoms with van der Waals surface area (Å²) >= 11 is 0. The van der Waals surface area contributed by atoms with Gasteiger partial charge >= 0.3 is 0 Å². The van der Waals surface area contributed by atoms with Crippen molar-refractivity contribution in [1.82, 2.24) is 14.7 Å². The largest absolute Gasteiger partial charge is 0.350 e. The maximum Gasteiger partial charge on any atom is 0.222 e. The number of aromatic nitrogens is 2. The highest BCUT2D eigenvalue weighted by molar-refractivity contribution is 5.77. The number of pyridine rings is 1. The Bertz CT molecular complexity index is 543. The molecule has 0 saturated carbocycles.